The van der Waals surface area contributed by atoms with Crippen molar-refractivity contribution >= 4 is 34.3 Å². The number of anilines is 1. The maximum absolute atomic E-state index is 13.3. The molecule has 1 aromatic carbocycles. The molecule has 0 radical (unpaired) electrons. The number of hydrogen-bond acceptors (Lipinski definition) is 6. The standard InChI is InChI=1S/C21H24ClN5O3/c1-5-15(25-20(29)30-21(2,3)4)18-24-16-10-6-9-14(22)17(16)19(28)27(18)26-13-8-7-11-23-12-13/h6-12,15,26H,5H2,1-4H3,(H,25,29)/t15-/m0/s1. The molecule has 0 fully saturated rings. The minimum atomic E-state index is -0.652. The number of rotatable bonds is 5. The number of amides is 1. The van der Waals surface area contributed by atoms with Crippen LogP contribution in [0.2, 0.25) is 5.02 Å². The van der Waals surface area contributed by atoms with E-state index in [9.17, 15) is 9.59 Å². The first-order valence-corrected chi connectivity index (χ1v) is 9.95. The summed E-state index contributed by atoms with van der Waals surface area (Å²) in [5, 5.41) is 3.38. The highest BCUT2D eigenvalue weighted by molar-refractivity contribution is 6.35. The van der Waals surface area contributed by atoms with E-state index in [1.165, 1.54) is 4.68 Å². The van der Waals surface area contributed by atoms with Crippen LogP contribution in [-0.4, -0.2) is 26.3 Å². The molecule has 9 heteroatoms. The molecular weight excluding hydrogens is 406 g/mol. The lowest BCUT2D eigenvalue weighted by atomic mass is 10.2. The Kier molecular flexibility index (Phi) is 6.26. The van der Waals surface area contributed by atoms with Gasteiger partial charge < -0.3 is 10.1 Å². The van der Waals surface area contributed by atoms with Crippen LogP contribution < -0.4 is 16.3 Å². The van der Waals surface area contributed by atoms with Crippen molar-refractivity contribution in [2.24, 2.45) is 0 Å². The molecule has 1 amide bonds. The number of benzene rings is 1. The van der Waals surface area contributed by atoms with Gasteiger partial charge in [0, 0.05) is 6.20 Å². The number of halogens is 1. The highest BCUT2D eigenvalue weighted by Crippen LogP contribution is 2.22. The monoisotopic (exact) mass is 429 g/mol. The third-order valence-electron chi connectivity index (χ3n) is 4.19. The molecule has 158 valence electrons. The summed E-state index contributed by atoms with van der Waals surface area (Å²) in [6.07, 6.45) is 3.09. The summed E-state index contributed by atoms with van der Waals surface area (Å²) in [7, 11) is 0. The Balaban J connectivity index is 2.12. The van der Waals surface area contributed by atoms with Gasteiger partial charge in [0.15, 0.2) is 5.82 Å². The maximum Gasteiger partial charge on any atom is 0.408 e. The fourth-order valence-electron chi connectivity index (χ4n) is 2.91. The SMILES string of the molecule is CC[C@H](NC(=O)OC(C)(C)C)c1nc2cccc(Cl)c2c(=O)n1Nc1cccnc1. The van der Waals surface area contributed by atoms with E-state index >= 15 is 0 Å². The van der Waals surface area contributed by atoms with Crippen LogP contribution in [-0.2, 0) is 4.74 Å². The van der Waals surface area contributed by atoms with E-state index in [0.29, 0.717) is 28.5 Å². The summed E-state index contributed by atoms with van der Waals surface area (Å²) >= 11 is 6.28. The molecule has 0 aliphatic heterocycles. The quantitative estimate of drug-likeness (QED) is 0.627. The molecule has 3 aromatic rings. The number of alkyl carbamates (subject to hydrolysis) is 1. The molecule has 8 nitrogen and oxygen atoms in total. The van der Waals surface area contributed by atoms with E-state index in [1.54, 1.807) is 63.5 Å². The Bertz CT molecular complexity index is 1110. The Morgan fingerprint density at radius 3 is 2.67 bits per heavy atom. The Morgan fingerprint density at radius 2 is 2.03 bits per heavy atom. The van der Waals surface area contributed by atoms with Crippen LogP contribution in [0.25, 0.3) is 10.9 Å². The van der Waals surface area contributed by atoms with Crippen LogP contribution in [0.4, 0.5) is 10.5 Å². The first kappa shape index (κ1) is 21.6. The number of nitrogens with one attached hydrogen (secondary N) is 2. The fraction of sp³-hybridized carbons (Fsp3) is 0.333. The number of ether oxygens (including phenoxy) is 1. The largest absolute Gasteiger partial charge is 0.444 e. The normalized spacial score (nSPS) is 12.4. The van der Waals surface area contributed by atoms with Crippen LogP contribution in [0.1, 0.15) is 46.0 Å². The van der Waals surface area contributed by atoms with E-state index in [2.05, 4.69) is 20.7 Å². The van der Waals surface area contributed by atoms with Crippen molar-refractivity contribution < 1.29 is 9.53 Å². The van der Waals surface area contributed by atoms with Crippen LogP contribution in [0.15, 0.2) is 47.5 Å². The molecule has 0 aliphatic carbocycles. The van der Waals surface area contributed by atoms with Crippen molar-refractivity contribution in [1.29, 1.82) is 0 Å². The zero-order valence-electron chi connectivity index (χ0n) is 17.3. The second-order valence-electron chi connectivity index (χ2n) is 7.71. The van der Waals surface area contributed by atoms with Gasteiger partial charge in [-0.25, -0.2) is 14.5 Å². The molecule has 30 heavy (non-hydrogen) atoms. The summed E-state index contributed by atoms with van der Waals surface area (Å²) in [6, 6.07) is 7.99. The first-order chi connectivity index (χ1) is 14.2. The zero-order chi connectivity index (χ0) is 21.9. The first-order valence-electron chi connectivity index (χ1n) is 9.57. The van der Waals surface area contributed by atoms with Crippen LogP contribution >= 0.6 is 11.6 Å². The summed E-state index contributed by atoms with van der Waals surface area (Å²) < 4.78 is 6.66. The second kappa shape index (κ2) is 8.71. The lowest BCUT2D eigenvalue weighted by Gasteiger charge is -2.25. The molecule has 0 spiro atoms. The van der Waals surface area contributed by atoms with Crippen molar-refractivity contribution in [3.63, 3.8) is 0 Å². The molecule has 0 unspecified atom stereocenters. The molecule has 2 aromatic heterocycles. The highest BCUT2D eigenvalue weighted by Gasteiger charge is 2.24. The molecular formula is C21H24ClN5O3. The lowest BCUT2D eigenvalue weighted by Crippen LogP contribution is -2.39. The van der Waals surface area contributed by atoms with E-state index in [4.69, 9.17) is 16.3 Å². The Labute approximate surface area is 179 Å². The van der Waals surface area contributed by atoms with E-state index in [1.807, 2.05) is 6.92 Å². The zero-order valence-corrected chi connectivity index (χ0v) is 18.0. The van der Waals surface area contributed by atoms with Gasteiger partial charge in [-0.3, -0.25) is 15.2 Å². The average Bonchev–Trinajstić information content (AvgIpc) is 2.67. The van der Waals surface area contributed by atoms with Gasteiger partial charge in [-0.1, -0.05) is 24.6 Å². The third kappa shape index (κ3) is 4.88. The minimum Gasteiger partial charge on any atom is -0.444 e. The number of nitrogens with zero attached hydrogens (tertiary/aromatic N) is 3. The van der Waals surface area contributed by atoms with Crippen molar-refractivity contribution in [2.45, 2.75) is 45.8 Å². The van der Waals surface area contributed by atoms with Gasteiger partial charge in [0.1, 0.15) is 5.60 Å². The van der Waals surface area contributed by atoms with Gasteiger partial charge in [-0.15, -0.1) is 0 Å². The van der Waals surface area contributed by atoms with Gasteiger partial charge in [0.05, 0.1) is 33.9 Å². The fourth-order valence-corrected chi connectivity index (χ4v) is 3.16. The summed E-state index contributed by atoms with van der Waals surface area (Å²) in [6.45, 7) is 7.22. The number of aromatic nitrogens is 3. The Morgan fingerprint density at radius 1 is 1.27 bits per heavy atom. The van der Waals surface area contributed by atoms with Crippen molar-refractivity contribution in [3.8, 4) is 0 Å². The van der Waals surface area contributed by atoms with Crippen molar-refractivity contribution in [2.75, 3.05) is 5.43 Å². The number of hydrogen-bond donors (Lipinski definition) is 2. The highest BCUT2D eigenvalue weighted by atomic mass is 35.5. The second-order valence-corrected chi connectivity index (χ2v) is 8.11. The van der Waals surface area contributed by atoms with Crippen LogP contribution in [0.5, 0.6) is 0 Å². The number of carbonyl (C=O) groups is 1. The summed E-state index contributed by atoms with van der Waals surface area (Å²) in [5.41, 5.74) is 3.02. The number of carbonyl (C=O) groups excluding carboxylic acids is 1. The topological polar surface area (TPSA) is 98.1 Å². The lowest BCUT2D eigenvalue weighted by molar-refractivity contribution is 0.0499. The summed E-state index contributed by atoms with van der Waals surface area (Å²) in [4.78, 5) is 34.4. The number of fused-ring (bicyclic) bond motifs is 1. The van der Waals surface area contributed by atoms with E-state index in [-0.39, 0.29) is 10.9 Å². The van der Waals surface area contributed by atoms with Crippen molar-refractivity contribution in [3.05, 3.63) is 63.9 Å². The van der Waals surface area contributed by atoms with Gasteiger partial charge in [0.2, 0.25) is 0 Å². The molecule has 2 heterocycles. The average molecular weight is 430 g/mol. The predicted molar refractivity (Wildman–Crippen MR) is 117 cm³/mol. The smallest absolute Gasteiger partial charge is 0.408 e. The third-order valence-corrected chi connectivity index (χ3v) is 4.50. The Hall–Kier alpha value is -3.13. The van der Waals surface area contributed by atoms with E-state index in [0.717, 1.165) is 0 Å². The minimum absolute atomic E-state index is 0.284. The van der Waals surface area contributed by atoms with Crippen LogP contribution in [0, 0.1) is 0 Å². The van der Waals surface area contributed by atoms with Crippen LogP contribution in [0.3, 0.4) is 0 Å². The molecule has 1 atom stereocenters. The maximum atomic E-state index is 13.3. The van der Waals surface area contributed by atoms with Crippen molar-refractivity contribution in [1.82, 2.24) is 20.0 Å². The predicted octanol–water partition coefficient (Wildman–Crippen LogP) is 4.30. The summed E-state index contributed by atoms with van der Waals surface area (Å²) in [5.74, 6) is 0.326. The van der Waals surface area contributed by atoms with Gasteiger partial charge in [0.25, 0.3) is 5.56 Å². The molecule has 2 N–H and O–H groups in total. The van der Waals surface area contributed by atoms with Gasteiger partial charge in [-0.05, 0) is 51.5 Å². The molecule has 0 aliphatic rings. The van der Waals surface area contributed by atoms with Gasteiger partial charge in [-0.2, -0.15) is 0 Å². The molecule has 0 bridgehead atoms. The van der Waals surface area contributed by atoms with Gasteiger partial charge >= 0.3 is 6.09 Å². The molecule has 0 saturated carbocycles. The molecule has 0 saturated heterocycles. The number of pyridine rings is 1. The molecule has 3 rings (SSSR count). The van der Waals surface area contributed by atoms with E-state index < -0.39 is 17.7 Å².